The highest BCUT2D eigenvalue weighted by Crippen LogP contribution is 2.33. The molecule has 5 nitrogen and oxygen atoms in total. The van der Waals surface area contributed by atoms with Gasteiger partial charge in [-0.25, -0.2) is 0 Å². The van der Waals surface area contributed by atoms with E-state index in [9.17, 15) is 0 Å². The summed E-state index contributed by atoms with van der Waals surface area (Å²) in [6.07, 6.45) is 8.23. The molecule has 0 aromatic carbocycles. The molecular formula is C18H34N4OS. The highest BCUT2D eigenvalue weighted by molar-refractivity contribution is 7.99. The molecule has 2 saturated heterocycles. The van der Waals surface area contributed by atoms with Crippen molar-refractivity contribution < 1.29 is 4.74 Å². The minimum Gasteiger partial charge on any atom is -0.379 e. The Morgan fingerprint density at radius 3 is 2.67 bits per heavy atom. The second kappa shape index (κ2) is 9.30. The summed E-state index contributed by atoms with van der Waals surface area (Å²) < 4.78 is 5.55. The van der Waals surface area contributed by atoms with Crippen LogP contribution in [0.4, 0.5) is 0 Å². The maximum atomic E-state index is 5.55. The van der Waals surface area contributed by atoms with Crippen molar-refractivity contribution in [1.29, 1.82) is 0 Å². The fraction of sp³-hybridized carbons (Fsp3) is 0.944. The summed E-state index contributed by atoms with van der Waals surface area (Å²) in [7, 11) is 1.89. The van der Waals surface area contributed by atoms with E-state index in [0.717, 1.165) is 51.3 Å². The van der Waals surface area contributed by atoms with Crippen LogP contribution in [0.15, 0.2) is 4.99 Å². The molecule has 0 bridgehead atoms. The fourth-order valence-corrected chi connectivity index (χ4v) is 5.71. The van der Waals surface area contributed by atoms with Crippen molar-refractivity contribution >= 4 is 17.7 Å². The molecule has 0 amide bonds. The van der Waals surface area contributed by atoms with Crippen molar-refractivity contribution in [1.82, 2.24) is 15.5 Å². The molecule has 24 heavy (non-hydrogen) atoms. The Kier molecular flexibility index (Phi) is 7.10. The molecule has 0 aromatic heterocycles. The summed E-state index contributed by atoms with van der Waals surface area (Å²) >= 11 is 2.09. The van der Waals surface area contributed by atoms with Crippen molar-refractivity contribution in [2.75, 3.05) is 57.9 Å². The van der Waals surface area contributed by atoms with Crippen molar-refractivity contribution in [3.63, 3.8) is 0 Å². The van der Waals surface area contributed by atoms with Gasteiger partial charge in [0.05, 0.1) is 13.2 Å². The van der Waals surface area contributed by atoms with Gasteiger partial charge in [0.2, 0.25) is 0 Å². The Hall–Kier alpha value is -0.460. The van der Waals surface area contributed by atoms with Crippen LogP contribution in [0.2, 0.25) is 0 Å². The first kappa shape index (κ1) is 18.3. The summed E-state index contributed by atoms with van der Waals surface area (Å²) in [5.74, 6) is 4.30. The molecule has 2 aliphatic heterocycles. The standard InChI is InChI=1S/C18H34N4OS/c1-19-17(20-13-16-5-3-2-4-6-16)21-14-18(7-12-24-15-18)22-8-10-23-11-9-22/h16H,2-15H2,1H3,(H2,19,20,21). The molecule has 6 heteroatoms. The average molecular weight is 355 g/mol. The van der Waals surface area contributed by atoms with E-state index in [-0.39, 0.29) is 5.54 Å². The lowest BCUT2D eigenvalue weighted by Gasteiger charge is -2.43. The zero-order chi connectivity index (χ0) is 16.7. The molecule has 3 fully saturated rings. The number of aliphatic imine (C=N–C) groups is 1. The normalized spacial score (nSPS) is 30.5. The van der Waals surface area contributed by atoms with Gasteiger partial charge in [-0.15, -0.1) is 0 Å². The number of rotatable bonds is 5. The number of hydrogen-bond acceptors (Lipinski definition) is 4. The van der Waals surface area contributed by atoms with Crippen LogP contribution in [0.3, 0.4) is 0 Å². The van der Waals surface area contributed by atoms with Crippen LogP contribution < -0.4 is 10.6 Å². The van der Waals surface area contributed by atoms with Crippen molar-refractivity contribution in [3.8, 4) is 0 Å². The third kappa shape index (κ3) is 4.79. The SMILES string of the molecule is CN=C(NCC1CCCCC1)NCC1(N2CCOCC2)CCSC1. The first-order valence-corrected chi connectivity index (χ1v) is 10.8. The number of nitrogens with one attached hydrogen (secondary N) is 2. The maximum Gasteiger partial charge on any atom is 0.191 e. The highest BCUT2D eigenvalue weighted by Gasteiger charge is 2.40. The summed E-state index contributed by atoms with van der Waals surface area (Å²) in [4.78, 5) is 7.10. The lowest BCUT2D eigenvalue weighted by atomic mass is 9.89. The number of hydrogen-bond donors (Lipinski definition) is 2. The van der Waals surface area contributed by atoms with Crippen LogP contribution in [0.5, 0.6) is 0 Å². The predicted octanol–water partition coefficient (Wildman–Crippen LogP) is 1.94. The number of guanidine groups is 1. The number of ether oxygens (including phenoxy) is 1. The van der Waals surface area contributed by atoms with Gasteiger partial charge in [0.15, 0.2) is 5.96 Å². The van der Waals surface area contributed by atoms with Gasteiger partial charge in [-0.05, 0) is 30.9 Å². The van der Waals surface area contributed by atoms with Gasteiger partial charge >= 0.3 is 0 Å². The predicted molar refractivity (Wildman–Crippen MR) is 103 cm³/mol. The minimum absolute atomic E-state index is 0.275. The van der Waals surface area contributed by atoms with Crippen molar-refractivity contribution in [2.24, 2.45) is 10.9 Å². The molecule has 2 heterocycles. The van der Waals surface area contributed by atoms with Crippen LogP contribution in [0.25, 0.3) is 0 Å². The summed E-state index contributed by atoms with van der Waals surface area (Å²) in [6.45, 7) is 5.94. The van der Waals surface area contributed by atoms with Gasteiger partial charge in [-0.1, -0.05) is 19.3 Å². The van der Waals surface area contributed by atoms with E-state index in [1.165, 1.54) is 50.0 Å². The first-order valence-electron chi connectivity index (χ1n) is 9.67. The van der Waals surface area contributed by atoms with Gasteiger partial charge in [0.1, 0.15) is 0 Å². The third-order valence-electron chi connectivity index (χ3n) is 5.86. The zero-order valence-electron chi connectivity index (χ0n) is 15.2. The van der Waals surface area contributed by atoms with Gasteiger partial charge in [0.25, 0.3) is 0 Å². The molecule has 1 saturated carbocycles. The van der Waals surface area contributed by atoms with Crippen LogP contribution >= 0.6 is 11.8 Å². The first-order chi connectivity index (χ1) is 11.8. The fourth-order valence-electron chi connectivity index (χ4n) is 4.24. The van der Waals surface area contributed by atoms with Crippen molar-refractivity contribution in [2.45, 2.75) is 44.1 Å². The van der Waals surface area contributed by atoms with Gasteiger partial charge in [0, 0.05) is 44.5 Å². The second-order valence-electron chi connectivity index (χ2n) is 7.44. The molecule has 1 unspecified atom stereocenters. The zero-order valence-corrected chi connectivity index (χ0v) is 16.0. The largest absolute Gasteiger partial charge is 0.379 e. The van der Waals surface area contributed by atoms with Crippen LogP contribution in [-0.4, -0.2) is 74.3 Å². The molecule has 1 atom stereocenters. The van der Waals surface area contributed by atoms with Crippen LogP contribution in [-0.2, 0) is 4.74 Å². The van der Waals surface area contributed by atoms with E-state index in [2.05, 4.69) is 32.3 Å². The van der Waals surface area contributed by atoms with Crippen molar-refractivity contribution in [3.05, 3.63) is 0 Å². The molecule has 3 aliphatic rings. The second-order valence-corrected chi connectivity index (χ2v) is 8.54. The Balaban J connectivity index is 1.49. The smallest absolute Gasteiger partial charge is 0.191 e. The van der Waals surface area contributed by atoms with E-state index in [1.807, 2.05) is 7.05 Å². The van der Waals surface area contributed by atoms with Crippen LogP contribution in [0.1, 0.15) is 38.5 Å². The summed E-state index contributed by atoms with van der Waals surface area (Å²) in [5, 5.41) is 7.20. The Labute approximate surface area is 151 Å². The van der Waals surface area contributed by atoms with E-state index in [4.69, 9.17) is 4.74 Å². The number of nitrogens with zero attached hydrogens (tertiary/aromatic N) is 2. The highest BCUT2D eigenvalue weighted by atomic mass is 32.2. The average Bonchev–Trinajstić information content (AvgIpc) is 3.14. The minimum atomic E-state index is 0.275. The molecule has 138 valence electrons. The van der Waals surface area contributed by atoms with E-state index >= 15 is 0 Å². The molecule has 3 rings (SSSR count). The van der Waals surface area contributed by atoms with E-state index < -0.39 is 0 Å². The Bertz CT molecular complexity index is 400. The lowest BCUT2D eigenvalue weighted by Crippen LogP contribution is -2.60. The van der Waals surface area contributed by atoms with E-state index in [1.54, 1.807) is 0 Å². The monoisotopic (exact) mass is 354 g/mol. The Morgan fingerprint density at radius 2 is 2.00 bits per heavy atom. The van der Waals surface area contributed by atoms with Gasteiger partial charge in [-0.3, -0.25) is 9.89 Å². The summed E-state index contributed by atoms with van der Waals surface area (Å²) in [5.41, 5.74) is 0.275. The third-order valence-corrected chi connectivity index (χ3v) is 7.09. The van der Waals surface area contributed by atoms with Gasteiger partial charge < -0.3 is 15.4 Å². The molecule has 2 N–H and O–H groups in total. The number of thioether (sulfide) groups is 1. The molecule has 0 radical (unpaired) electrons. The Morgan fingerprint density at radius 1 is 1.21 bits per heavy atom. The maximum absolute atomic E-state index is 5.55. The van der Waals surface area contributed by atoms with Crippen LogP contribution in [0, 0.1) is 5.92 Å². The molecule has 0 spiro atoms. The number of morpholine rings is 1. The molecular weight excluding hydrogens is 320 g/mol. The topological polar surface area (TPSA) is 48.9 Å². The molecule has 1 aliphatic carbocycles. The molecule has 0 aromatic rings. The quantitative estimate of drug-likeness (QED) is 0.584. The lowest BCUT2D eigenvalue weighted by molar-refractivity contribution is -0.0120. The summed E-state index contributed by atoms with van der Waals surface area (Å²) in [6, 6.07) is 0. The van der Waals surface area contributed by atoms with E-state index in [0.29, 0.717) is 0 Å². The van der Waals surface area contributed by atoms with Gasteiger partial charge in [-0.2, -0.15) is 11.8 Å².